The molecule has 0 aromatic heterocycles. The van der Waals surface area contributed by atoms with Crippen LogP contribution in [-0.4, -0.2) is 50.0 Å². The minimum atomic E-state index is 0.333. The summed E-state index contributed by atoms with van der Waals surface area (Å²) >= 11 is 5.80. The van der Waals surface area contributed by atoms with Crippen molar-refractivity contribution in [1.82, 2.24) is 4.90 Å². The first kappa shape index (κ1) is 12.4. The van der Waals surface area contributed by atoms with E-state index in [4.69, 9.17) is 21.1 Å². The quantitative estimate of drug-likeness (QED) is 0.756. The molecule has 92 valence electrons. The lowest BCUT2D eigenvalue weighted by Crippen LogP contribution is -2.39. The highest BCUT2D eigenvalue weighted by Gasteiger charge is 2.24. The molecular weight excluding hydrogens is 226 g/mol. The molecule has 2 aliphatic heterocycles. The summed E-state index contributed by atoms with van der Waals surface area (Å²) in [5.41, 5.74) is 0. The standard InChI is InChI=1S/C12H20ClNO2/c1-10(13)8-14-5-2-11(3-6-14)16-12-4-7-15-9-12/h11-12H,1-9H2. The average Bonchev–Trinajstić information content (AvgIpc) is 2.73. The van der Waals surface area contributed by atoms with Crippen LogP contribution in [0.3, 0.4) is 0 Å². The summed E-state index contributed by atoms with van der Waals surface area (Å²) in [6.07, 6.45) is 3.99. The lowest BCUT2D eigenvalue weighted by molar-refractivity contribution is -0.0427. The maximum absolute atomic E-state index is 6.00. The molecule has 0 aliphatic carbocycles. The highest BCUT2D eigenvalue weighted by molar-refractivity contribution is 6.29. The van der Waals surface area contributed by atoms with E-state index in [-0.39, 0.29) is 0 Å². The molecule has 2 heterocycles. The Kier molecular flexibility index (Phi) is 4.65. The molecule has 16 heavy (non-hydrogen) atoms. The van der Waals surface area contributed by atoms with Gasteiger partial charge in [-0.25, -0.2) is 0 Å². The van der Waals surface area contributed by atoms with Crippen LogP contribution in [0.15, 0.2) is 11.6 Å². The molecule has 3 nitrogen and oxygen atoms in total. The van der Waals surface area contributed by atoms with Gasteiger partial charge in [0.2, 0.25) is 0 Å². The van der Waals surface area contributed by atoms with Gasteiger partial charge in [-0.15, -0.1) is 0 Å². The summed E-state index contributed by atoms with van der Waals surface area (Å²) in [6.45, 7) is 8.29. The normalized spacial score (nSPS) is 28.4. The van der Waals surface area contributed by atoms with Crippen LogP contribution in [0.4, 0.5) is 0 Å². The Morgan fingerprint density at radius 2 is 2.06 bits per heavy atom. The Balaban J connectivity index is 1.66. The van der Waals surface area contributed by atoms with Crippen LogP contribution in [0.25, 0.3) is 0 Å². The second-order valence-electron chi connectivity index (χ2n) is 4.61. The number of halogens is 1. The SMILES string of the molecule is C=C(Cl)CN1CCC(OC2CCOC2)CC1. The maximum Gasteiger partial charge on any atom is 0.0834 e. The summed E-state index contributed by atoms with van der Waals surface area (Å²) in [7, 11) is 0. The molecule has 0 saturated carbocycles. The lowest BCUT2D eigenvalue weighted by atomic mass is 10.1. The third kappa shape index (κ3) is 3.74. The Morgan fingerprint density at radius 3 is 2.62 bits per heavy atom. The van der Waals surface area contributed by atoms with E-state index in [1.54, 1.807) is 0 Å². The van der Waals surface area contributed by atoms with Crippen LogP contribution in [0, 0.1) is 0 Å². The zero-order valence-electron chi connectivity index (χ0n) is 9.66. The number of ether oxygens (including phenoxy) is 2. The molecule has 0 aromatic carbocycles. The smallest absolute Gasteiger partial charge is 0.0834 e. The van der Waals surface area contributed by atoms with Gasteiger partial charge in [-0.05, 0) is 19.3 Å². The minimum Gasteiger partial charge on any atom is -0.379 e. The van der Waals surface area contributed by atoms with Crippen molar-refractivity contribution >= 4 is 11.6 Å². The summed E-state index contributed by atoms with van der Waals surface area (Å²) in [6, 6.07) is 0. The van der Waals surface area contributed by atoms with Crippen molar-refractivity contribution < 1.29 is 9.47 Å². The van der Waals surface area contributed by atoms with Crippen molar-refractivity contribution in [3.8, 4) is 0 Å². The second-order valence-corrected chi connectivity index (χ2v) is 5.15. The summed E-state index contributed by atoms with van der Waals surface area (Å²) < 4.78 is 11.3. The van der Waals surface area contributed by atoms with Gasteiger partial charge in [-0.1, -0.05) is 18.2 Å². The number of rotatable bonds is 4. The van der Waals surface area contributed by atoms with Crippen LogP contribution >= 0.6 is 11.6 Å². The molecule has 2 rings (SSSR count). The van der Waals surface area contributed by atoms with E-state index in [0.29, 0.717) is 12.2 Å². The first-order chi connectivity index (χ1) is 7.74. The third-order valence-electron chi connectivity index (χ3n) is 3.20. The van der Waals surface area contributed by atoms with Crippen LogP contribution in [0.2, 0.25) is 0 Å². The van der Waals surface area contributed by atoms with Crippen molar-refractivity contribution in [3.63, 3.8) is 0 Å². The van der Waals surface area contributed by atoms with Crippen LogP contribution in [0.1, 0.15) is 19.3 Å². The molecule has 0 N–H and O–H groups in total. The molecule has 2 saturated heterocycles. The van der Waals surface area contributed by atoms with Gasteiger partial charge >= 0.3 is 0 Å². The van der Waals surface area contributed by atoms with Crippen molar-refractivity contribution in [2.75, 3.05) is 32.8 Å². The first-order valence-corrected chi connectivity index (χ1v) is 6.40. The topological polar surface area (TPSA) is 21.7 Å². The Hall–Kier alpha value is -0.0900. The summed E-state index contributed by atoms with van der Waals surface area (Å²) in [4.78, 5) is 2.33. The molecule has 1 unspecified atom stereocenters. The molecule has 0 radical (unpaired) electrons. The fraction of sp³-hybridized carbons (Fsp3) is 0.833. The molecule has 0 aromatic rings. The van der Waals surface area contributed by atoms with Gasteiger partial charge < -0.3 is 9.47 Å². The zero-order chi connectivity index (χ0) is 11.4. The number of nitrogens with zero attached hydrogens (tertiary/aromatic N) is 1. The number of likely N-dealkylation sites (tertiary alicyclic amines) is 1. The molecule has 4 heteroatoms. The highest BCUT2D eigenvalue weighted by atomic mass is 35.5. The fourth-order valence-electron chi connectivity index (χ4n) is 2.34. The highest BCUT2D eigenvalue weighted by Crippen LogP contribution is 2.19. The van der Waals surface area contributed by atoms with E-state index in [1.165, 1.54) is 0 Å². The molecule has 2 fully saturated rings. The van der Waals surface area contributed by atoms with Gasteiger partial charge in [0.1, 0.15) is 0 Å². The van der Waals surface area contributed by atoms with Crippen molar-refractivity contribution in [2.24, 2.45) is 0 Å². The molecule has 0 amide bonds. The number of hydrogen-bond acceptors (Lipinski definition) is 3. The third-order valence-corrected chi connectivity index (χ3v) is 3.32. The largest absolute Gasteiger partial charge is 0.379 e. The van der Waals surface area contributed by atoms with Gasteiger partial charge in [-0.2, -0.15) is 0 Å². The van der Waals surface area contributed by atoms with Gasteiger partial charge in [0.05, 0.1) is 18.8 Å². The Bertz CT molecular complexity index is 233. The minimum absolute atomic E-state index is 0.333. The van der Waals surface area contributed by atoms with E-state index in [1.807, 2.05) is 0 Å². The van der Waals surface area contributed by atoms with Gasteiger partial charge in [-0.3, -0.25) is 4.90 Å². The molecular formula is C12H20ClNO2. The van der Waals surface area contributed by atoms with Crippen molar-refractivity contribution in [3.05, 3.63) is 11.6 Å². The van der Waals surface area contributed by atoms with Crippen molar-refractivity contribution in [2.45, 2.75) is 31.5 Å². The van der Waals surface area contributed by atoms with E-state index in [2.05, 4.69) is 11.5 Å². The molecule has 0 spiro atoms. The zero-order valence-corrected chi connectivity index (χ0v) is 10.4. The van der Waals surface area contributed by atoms with Gasteiger partial charge in [0.15, 0.2) is 0 Å². The fourth-order valence-corrected chi connectivity index (χ4v) is 2.51. The Morgan fingerprint density at radius 1 is 1.31 bits per heavy atom. The lowest BCUT2D eigenvalue weighted by Gasteiger charge is -2.32. The number of hydrogen-bond donors (Lipinski definition) is 0. The summed E-state index contributed by atoms with van der Waals surface area (Å²) in [5.74, 6) is 0. The Labute approximate surface area is 102 Å². The monoisotopic (exact) mass is 245 g/mol. The van der Waals surface area contributed by atoms with E-state index in [9.17, 15) is 0 Å². The van der Waals surface area contributed by atoms with Crippen LogP contribution in [-0.2, 0) is 9.47 Å². The maximum atomic E-state index is 6.00. The first-order valence-electron chi connectivity index (χ1n) is 6.03. The van der Waals surface area contributed by atoms with E-state index < -0.39 is 0 Å². The van der Waals surface area contributed by atoms with Crippen molar-refractivity contribution in [1.29, 1.82) is 0 Å². The molecule has 1 atom stereocenters. The van der Waals surface area contributed by atoms with Crippen LogP contribution < -0.4 is 0 Å². The average molecular weight is 246 g/mol. The predicted molar refractivity (Wildman–Crippen MR) is 64.8 cm³/mol. The predicted octanol–water partition coefficient (Wildman–Crippen LogP) is 2.01. The van der Waals surface area contributed by atoms with Gasteiger partial charge in [0.25, 0.3) is 0 Å². The second kappa shape index (κ2) is 6.01. The molecule has 0 bridgehead atoms. The summed E-state index contributed by atoms with van der Waals surface area (Å²) in [5, 5.41) is 0.726. The van der Waals surface area contributed by atoms with Crippen LogP contribution in [0.5, 0.6) is 0 Å². The van der Waals surface area contributed by atoms with E-state index in [0.717, 1.165) is 57.1 Å². The van der Waals surface area contributed by atoms with E-state index >= 15 is 0 Å². The number of piperidine rings is 1. The van der Waals surface area contributed by atoms with Gasteiger partial charge in [0, 0.05) is 31.3 Å². The molecule has 2 aliphatic rings.